The van der Waals surface area contributed by atoms with Crippen LogP contribution in [-0.2, 0) is 0 Å². The fourth-order valence-corrected chi connectivity index (χ4v) is 2.81. The van der Waals surface area contributed by atoms with E-state index in [-0.39, 0.29) is 0 Å². The quantitative estimate of drug-likeness (QED) is 0.334. The fourth-order valence-electron chi connectivity index (χ4n) is 0.835. The van der Waals surface area contributed by atoms with E-state index in [0.29, 0.717) is 0 Å². The zero-order valence-electron chi connectivity index (χ0n) is 7.89. The first-order valence-corrected chi connectivity index (χ1v) is 6.50. The summed E-state index contributed by atoms with van der Waals surface area (Å²) in [5, 5.41) is 11.4. The zero-order valence-corrected chi connectivity index (χ0v) is 10.3. The molecule has 1 aromatic rings. The highest BCUT2D eigenvalue weighted by molar-refractivity contribution is 8.01. The second-order valence-electron chi connectivity index (χ2n) is 2.62. The Morgan fingerprint density at radius 3 is 3.00 bits per heavy atom. The number of isothiocyanates is 1. The Morgan fingerprint density at radius 2 is 2.36 bits per heavy atom. The smallest absolute Gasteiger partial charge is 0.174 e. The predicted octanol–water partition coefficient (Wildman–Crippen LogP) is 2.82. The normalized spacial score (nSPS) is 9.79. The highest BCUT2D eigenvalue weighted by Gasteiger charge is 1.99. The molecule has 0 amide bonds. The minimum atomic E-state index is 0.791. The topological polar surface area (TPSA) is 38.1 Å². The van der Waals surface area contributed by atoms with Crippen molar-refractivity contribution in [3.05, 3.63) is 5.01 Å². The van der Waals surface area contributed by atoms with Crippen LogP contribution < -0.4 is 0 Å². The van der Waals surface area contributed by atoms with E-state index in [0.717, 1.165) is 34.5 Å². The largest absolute Gasteiger partial charge is 0.233 e. The van der Waals surface area contributed by atoms with Gasteiger partial charge in [-0.15, -0.1) is 10.2 Å². The highest BCUT2D eigenvalue weighted by Crippen LogP contribution is 2.22. The van der Waals surface area contributed by atoms with Crippen LogP contribution >= 0.6 is 35.3 Å². The average Bonchev–Trinajstić information content (AvgIpc) is 2.58. The minimum absolute atomic E-state index is 0.791. The first-order valence-electron chi connectivity index (χ1n) is 4.29. The monoisotopic (exact) mass is 245 g/mol. The second-order valence-corrected chi connectivity index (χ2v) is 5.32. The van der Waals surface area contributed by atoms with Crippen LogP contribution in [0.1, 0.15) is 17.8 Å². The Kier molecular flexibility index (Phi) is 5.94. The van der Waals surface area contributed by atoms with Crippen molar-refractivity contribution in [2.75, 3.05) is 12.3 Å². The summed E-state index contributed by atoms with van der Waals surface area (Å²) in [6.07, 6.45) is 2.19. The van der Waals surface area contributed by atoms with Crippen molar-refractivity contribution in [3.8, 4) is 0 Å². The maximum absolute atomic E-state index is 4.47. The molecule has 76 valence electrons. The number of hydrogen-bond acceptors (Lipinski definition) is 6. The van der Waals surface area contributed by atoms with Crippen LogP contribution in [0, 0.1) is 6.92 Å². The van der Waals surface area contributed by atoms with Crippen molar-refractivity contribution >= 4 is 40.5 Å². The SMILES string of the molecule is Cc1nnc(SCCCCN=C=S)s1. The molecule has 0 spiro atoms. The molecule has 0 fully saturated rings. The summed E-state index contributed by atoms with van der Waals surface area (Å²) in [6, 6.07) is 0. The molecule has 0 bridgehead atoms. The van der Waals surface area contributed by atoms with E-state index in [1.807, 2.05) is 6.92 Å². The summed E-state index contributed by atoms with van der Waals surface area (Å²) in [6.45, 7) is 2.76. The van der Waals surface area contributed by atoms with E-state index in [1.165, 1.54) is 0 Å². The summed E-state index contributed by atoms with van der Waals surface area (Å²) in [7, 11) is 0. The van der Waals surface area contributed by atoms with E-state index in [9.17, 15) is 0 Å². The molecule has 6 heteroatoms. The minimum Gasteiger partial charge on any atom is -0.233 e. The average molecular weight is 245 g/mol. The van der Waals surface area contributed by atoms with E-state index in [2.05, 4.69) is 32.6 Å². The third kappa shape index (κ3) is 4.81. The summed E-state index contributed by atoms with van der Waals surface area (Å²) in [5.41, 5.74) is 0. The highest BCUT2D eigenvalue weighted by atomic mass is 32.2. The number of aliphatic imine (C=N–C) groups is 1. The first-order chi connectivity index (χ1) is 6.83. The number of thioether (sulfide) groups is 1. The molecule has 0 saturated heterocycles. The molecule has 3 nitrogen and oxygen atoms in total. The molecule has 0 unspecified atom stereocenters. The molecule has 1 heterocycles. The number of aryl methyl sites for hydroxylation is 1. The van der Waals surface area contributed by atoms with Crippen LogP contribution in [0.2, 0.25) is 0 Å². The third-order valence-electron chi connectivity index (χ3n) is 1.46. The molecule has 0 aliphatic rings. The van der Waals surface area contributed by atoms with Crippen LogP contribution in [0.5, 0.6) is 0 Å². The van der Waals surface area contributed by atoms with Gasteiger partial charge in [0.15, 0.2) is 4.34 Å². The molecule has 14 heavy (non-hydrogen) atoms. The molecule has 0 aliphatic carbocycles. The lowest BCUT2D eigenvalue weighted by Crippen LogP contribution is -1.84. The Morgan fingerprint density at radius 1 is 1.50 bits per heavy atom. The van der Waals surface area contributed by atoms with Gasteiger partial charge in [-0.1, -0.05) is 23.1 Å². The molecule has 1 aromatic heterocycles. The lowest BCUT2D eigenvalue weighted by atomic mass is 10.3. The Balaban J connectivity index is 2.07. The predicted molar refractivity (Wildman–Crippen MR) is 64.5 cm³/mol. The van der Waals surface area contributed by atoms with Crippen LogP contribution in [0.15, 0.2) is 9.33 Å². The van der Waals surface area contributed by atoms with Gasteiger partial charge in [0.05, 0.1) is 5.16 Å². The summed E-state index contributed by atoms with van der Waals surface area (Å²) in [4.78, 5) is 3.85. The Hall–Kier alpha value is -0.290. The van der Waals surface area contributed by atoms with Gasteiger partial charge in [0.2, 0.25) is 0 Å². The number of thiocarbonyl (C=S) groups is 1. The molecule has 0 aliphatic heterocycles. The lowest BCUT2D eigenvalue weighted by Gasteiger charge is -1.94. The van der Waals surface area contributed by atoms with Gasteiger partial charge >= 0.3 is 0 Å². The molecule has 0 saturated carbocycles. The number of unbranched alkanes of at least 4 members (excludes halogenated alkanes) is 1. The maximum Gasteiger partial charge on any atom is 0.174 e. The number of rotatable bonds is 6. The van der Waals surface area contributed by atoms with Gasteiger partial charge in [0.1, 0.15) is 5.01 Å². The second kappa shape index (κ2) is 7.06. The molecule has 0 N–H and O–H groups in total. The Bertz CT molecular complexity index is 317. The van der Waals surface area contributed by atoms with Gasteiger partial charge in [-0.3, -0.25) is 0 Å². The fraction of sp³-hybridized carbons (Fsp3) is 0.625. The molecule has 1 rings (SSSR count). The van der Waals surface area contributed by atoms with Crippen molar-refractivity contribution in [2.45, 2.75) is 24.1 Å². The van der Waals surface area contributed by atoms with Crippen molar-refractivity contribution in [3.63, 3.8) is 0 Å². The van der Waals surface area contributed by atoms with Crippen LogP contribution in [0.3, 0.4) is 0 Å². The standard InChI is InChI=1S/C8H11N3S3/c1-7-10-11-8(14-7)13-5-3-2-4-9-6-12/h2-5H2,1H3. The van der Waals surface area contributed by atoms with Crippen molar-refractivity contribution in [1.82, 2.24) is 10.2 Å². The lowest BCUT2D eigenvalue weighted by molar-refractivity contribution is 0.818. The number of aromatic nitrogens is 2. The maximum atomic E-state index is 4.47. The number of nitrogens with zero attached hydrogens (tertiary/aromatic N) is 3. The molecule has 0 aromatic carbocycles. The van der Waals surface area contributed by atoms with Gasteiger partial charge in [-0.2, -0.15) is 0 Å². The van der Waals surface area contributed by atoms with Crippen LogP contribution in [-0.4, -0.2) is 27.7 Å². The van der Waals surface area contributed by atoms with Crippen LogP contribution in [0.4, 0.5) is 0 Å². The summed E-state index contributed by atoms with van der Waals surface area (Å²) < 4.78 is 1.06. The van der Waals surface area contributed by atoms with Crippen molar-refractivity contribution in [2.24, 2.45) is 4.99 Å². The van der Waals surface area contributed by atoms with Gasteiger partial charge in [0.25, 0.3) is 0 Å². The summed E-state index contributed by atoms with van der Waals surface area (Å²) >= 11 is 7.87. The van der Waals surface area contributed by atoms with Gasteiger partial charge in [0, 0.05) is 12.3 Å². The third-order valence-corrected chi connectivity index (χ3v) is 3.65. The van der Waals surface area contributed by atoms with Crippen molar-refractivity contribution in [1.29, 1.82) is 0 Å². The van der Waals surface area contributed by atoms with Gasteiger partial charge < -0.3 is 0 Å². The van der Waals surface area contributed by atoms with Gasteiger partial charge in [-0.05, 0) is 32.0 Å². The molecule has 0 radical (unpaired) electrons. The van der Waals surface area contributed by atoms with E-state index in [1.54, 1.807) is 23.1 Å². The summed E-state index contributed by atoms with van der Waals surface area (Å²) in [5.74, 6) is 1.07. The number of hydrogen-bond donors (Lipinski definition) is 0. The molecule has 0 atom stereocenters. The molecular weight excluding hydrogens is 234 g/mol. The van der Waals surface area contributed by atoms with Crippen molar-refractivity contribution < 1.29 is 0 Å². The Labute approximate surface area is 97.0 Å². The van der Waals surface area contributed by atoms with E-state index >= 15 is 0 Å². The van der Waals surface area contributed by atoms with E-state index < -0.39 is 0 Å². The first kappa shape index (κ1) is 11.8. The van der Waals surface area contributed by atoms with E-state index in [4.69, 9.17) is 0 Å². The van der Waals surface area contributed by atoms with Gasteiger partial charge in [-0.25, -0.2) is 4.99 Å². The zero-order chi connectivity index (χ0) is 10.2. The van der Waals surface area contributed by atoms with Crippen LogP contribution in [0.25, 0.3) is 0 Å². The molecular formula is C8H11N3S3.